The van der Waals surface area contributed by atoms with Crippen LogP contribution in [0.2, 0.25) is 0 Å². The largest absolute Gasteiger partial charge is 0.304 e. The maximum atomic E-state index is 8.08. The first-order valence-electron chi connectivity index (χ1n) is 13.6. The van der Waals surface area contributed by atoms with Gasteiger partial charge in [0.1, 0.15) is 0 Å². The van der Waals surface area contributed by atoms with E-state index in [1.165, 1.54) is 0 Å². The summed E-state index contributed by atoms with van der Waals surface area (Å²) in [6.07, 6.45) is 0. The lowest BCUT2D eigenvalue weighted by Gasteiger charge is -2.32. The number of rotatable bonds is 0. The van der Waals surface area contributed by atoms with Crippen LogP contribution in [0.3, 0.4) is 0 Å². The number of hydrogen-bond acceptors (Lipinski definition) is 8. The van der Waals surface area contributed by atoms with E-state index in [2.05, 4.69) is 95.6 Å². The van der Waals surface area contributed by atoms with E-state index in [0.29, 0.717) is 6.90 Å². The van der Waals surface area contributed by atoms with Crippen molar-refractivity contribution in [2.24, 2.45) is 0 Å². The molecule has 33 heavy (non-hydrogen) atoms. The van der Waals surface area contributed by atoms with Crippen molar-refractivity contribution in [2.45, 2.75) is 12.9 Å². The van der Waals surface area contributed by atoms with Crippen molar-refractivity contribution in [1.29, 1.82) is 0 Å². The van der Waals surface area contributed by atoms with E-state index in [4.69, 9.17) is 1.37 Å². The van der Waals surface area contributed by atoms with Gasteiger partial charge in [0.2, 0.25) is 0 Å². The molecule has 0 aromatic heterocycles. The first-order chi connectivity index (χ1) is 16.1. The predicted octanol–water partition coefficient (Wildman–Crippen LogP) is -0.157. The van der Waals surface area contributed by atoms with Gasteiger partial charge in [-0.3, -0.25) is 0 Å². The Balaban J connectivity index is 2.64. The maximum absolute atomic E-state index is 8.08. The molecule has 1 saturated heterocycles. The van der Waals surface area contributed by atoms with Gasteiger partial charge in [0.25, 0.3) is 0 Å². The SMILES string of the molecule is [3H]CC1CN(C)CCN(C)CCN(C)CCN(C)CCN(C)CCN(C)CCN(C)CCN1C. The van der Waals surface area contributed by atoms with Gasteiger partial charge in [-0.1, -0.05) is 0 Å². The first-order valence-corrected chi connectivity index (χ1v) is 12.9. The Labute approximate surface area is 208 Å². The zero-order chi connectivity index (χ0) is 25.5. The molecule has 0 aliphatic carbocycles. The van der Waals surface area contributed by atoms with Gasteiger partial charge in [-0.05, 0) is 63.3 Å². The van der Waals surface area contributed by atoms with Crippen LogP contribution >= 0.6 is 0 Å². The molecule has 1 heterocycles. The third-order valence-electron chi connectivity index (χ3n) is 7.16. The van der Waals surface area contributed by atoms with Gasteiger partial charge in [-0.15, -0.1) is 0 Å². The Morgan fingerprint density at radius 1 is 0.394 bits per heavy atom. The Kier molecular flexibility index (Phi) is 15.0. The normalized spacial score (nSPS) is 28.5. The zero-order valence-corrected chi connectivity index (χ0v) is 23.5. The van der Waals surface area contributed by atoms with Crippen LogP contribution in [0.1, 0.15) is 8.27 Å². The maximum Gasteiger partial charge on any atom is 0.0247 e. The van der Waals surface area contributed by atoms with Crippen LogP contribution in [0.4, 0.5) is 0 Å². The van der Waals surface area contributed by atoms with Gasteiger partial charge >= 0.3 is 0 Å². The number of likely N-dealkylation sites (N-methyl/N-ethyl adjacent to an activating group) is 8. The average Bonchev–Trinajstić information content (AvgIpc) is 2.81. The van der Waals surface area contributed by atoms with Crippen LogP contribution in [0, 0.1) is 0 Å². The lowest BCUT2D eigenvalue weighted by Crippen LogP contribution is -2.44. The third kappa shape index (κ3) is 15.3. The molecule has 1 rings (SSSR count). The number of nitrogens with zero attached hydrogens (tertiary/aromatic N) is 8. The predicted molar refractivity (Wildman–Crippen MR) is 145 cm³/mol. The fraction of sp³-hybridized carbons (Fsp3) is 1.00. The van der Waals surface area contributed by atoms with E-state index < -0.39 is 0 Å². The van der Waals surface area contributed by atoms with Gasteiger partial charge in [0.15, 0.2) is 0 Å². The van der Waals surface area contributed by atoms with Crippen molar-refractivity contribution in [3.63, 3.8) is 0 Å². The standard InChI is InChI=1S/C25H58N8/c1-25-24-32(8)21-20-30(6)17-16-28(4)13-12-26(2)10-11-27(3)14-15-29(5)18-19-31(7)22-23-33(25)9/h25H,10-24H2,1-9H3/i1T. The van der Waals surface area contributed by atoms with Gasteiger partial charge in [-0.25, -0.2) is 0 Å². The van der Waals surface area contributed by atoms with E-state index in [0.717, 1.165) is 98.2 Å². The number of hydrogen-bond donors (Lipinski definition) is 0. The molecule has 1 aliphatic heterocycles. The lowest BCUT2D eigenvalue weighted by atomic mass is 10.2. The minimum Gasteiger partial charge on any atom is -0.304 e. The van der Waals surface area contributed by atoms with Crippen LogP contribution < -0.4 is 0 Å². The van der Waals surface area contributed by atoms with Crippen molar-refractivity contribution in [1.82, 2.24) is 39.2 Å². The molecule has 1 aliphatic rings. The van der Waals surface area contributed by atoms with E-state index >= 15 is 0 Å². The van der Waals surface area contributed by atoms with Crippen molar-refractivity contribution in [2.75, 3.05) is 155 Å². The van der Waals surface area contributed by atoms with E-state index in [1.54, 1.807) is 0 Å². The second kappa shape index (κ2) is 17.2. The fourth-order valence-corrected chi connectivity index (χ4v) is 3.82. The third-order valence-corrected chi connectivity index (χ3v) is 7.16. The summed E-state index contributed by atoms with van der Waals surface area (Å²) in [4.78, 5) is 19.5. The molecule has 1 atom stereocenters. The minimum atomic E-state index is 0.288. The molecule has 0 spiro atoms. The molecular weight excluding hydrogens is 412 g/mol. The zero-order valence-electron chi connectivity index (χ0n) is 24.5. The molecule has 1 fully saturated rings. The fourth-order valence-electron chi connectivity index (χ4n) is 3.82. The molecule has 0 radical (unpaired) electrons. The quantitative estimate of drug-likeness (QED) is 0.480. The van der Waals surface area contributed by atoms with Crippen LogP contribution in [0.15, 0.2) is 0 Å². The molecule has 0 bridgehead atoms. The molecule has 1 unspecified atom stereocenters. The van der Waals surface area contributed by atoms with Crippen molar-refractivity contribution in [3.05, 3.63) is 0 Å². The monoisotopic (exact) mass is 472 g/mol. The van der Waals surface area contributed by atoms with Crippen molar-refractivity contribution < 1.29 is 1.37 Å². The summed E-state index contributed by atoms with van der Waals surface area (Å²) in [6, 6.07) is 0.288. The van der Waals surface area contributed by atoms with E-state index in [9.17, 15) is 0 Å². The van der Waals surface area contributed by atoms with Crippen LogP contribution in [-0.4, -0.2) is 200 Å². The molecule has 0 aromatic rings. The molecule has 0 amide bonds. The summed E-state index contributed by atoms with van der Waals surface area (Å²) >= 11 is 0. The topological polar surface area (TPSA) is 25.9 Å². The van der Waals surface area contributed by atoms with Gasteiger partial charge in [0.05, 0.1) is 0 Å². The highest BCUT2D eigenvalue weighted by Crippen LogP contribution is 2.00. The highest BCUT2D eigenvalue weighted by Gasteiger charge is 2.14. The smallest absolute Gasteiger partial charge is 0.0247 e. The molecule has 0 aromatic carbocycles. The van der Waals surface area contributed by atoms with Crippen LogP contribution in [0.5, 0.6) is 0 Å². The minimum absolute atomic E-state index is 0.288. The molecule has 0 N–H and O–H groups in total. The second-order valence-corrected chi connectivity index (χ2v) is 10.7. The molecule has 198 valence electrons. The van der Waals surface area contributed by atoms with E-state index in [-0.39, 0.29) is 6.04 Å². The summed E-state index contributed by atoms with van der Waals surface area (Å²) in [6.45, 7) is 16.7. The Morgan fingerprint density at radius 3 is 0.909 bits per heavy atom. The van der Waals surface area contributed by atoms with Crippen molar-refractivity contribution >= 4 is 0 Å². The highest BCUT2D eigenvalue weighted by molar-refractivity contribution is 4.71. The summed E-state index contributed by atoms with van der Waals surface area (Å²) in [5.74, 6) is 0. The molecular formula is C25H58N8. The summed E-state index contributed by atoms with van der Waals surface area (Å²) in [5, 5.41) is 0. The average molecular weight is 473 g/mol. The van der Waals surface area contributed by atoms with Gasteiger partial charge in [0, 0.05) is 106 Å². The van der Waals surface area contributed by atoms with Crippen LogP contribution in [0.25, 0.3) is 0 Å². The van der Waals surface area contributed by atoms with Gasteiger partial charge < -0.3 is 39.2 Å². The van der Waals surface area contributed by atoms with E-state index in [1.807, 2.05) is 0 Å². The summed E-state index contributed by atoms with van der Waals surface area (Å²) in [7, 11) is 17.8. The Hall–Kier alpha value is -0.320. The molecule has 8 heteroatoms. The highest BCUT2D eigenvalue weighted by atomic mass is 15.3. The van der Waals surface area contributed by atoms with Crippen molar-refractivity contribution in [3.8, 4) is 0 Å². The molecule has 0 saturated carbocycles. The Bertz CT molecular complexity index is 500. The summed E-state index contributed by atoms with van der Waals surface area (Å²) in [5.41, 5.74) is 0. The second-order valence-electron chi connectivity index (χ2n) is 10.7. The lowest BCUT2D eigenvalue weighted by molar-refractivity contribution is 0.155. The summed E-state index contributed by atoms with van der Waals surface area (Å²) < 4.78 is 8.08. The van der Waals surface area contributed by atoms with Gasteiger partial charge in [-0.2, -0.15) is 0 Å². The Morgan fingerprint density at radius 2 is 0.636 bits per heavy atom. The van der Waals surface area contributed by atoms with Crippen LogP contribution in [-0.2, 0) is 0 Å². The molecule has 8 nitrogen and oxygen atoms in total. The first kappa shape index (κ1) is 28.9.